The molecule has 2 heterocycles. The number of fused-ring (bicyclic) bond motifs is 1. The quantitative estimate of drug-likeness (QED) is 0.236. The van der Waals surface area contributed by atoms with Gasteiger partial charge in [0.2, 0.25) is 0 Å². The topological polar surface area (TPSA) is 158 Å². The van der Waals surface area contributed by atoms with Gasteiger partial charge in [-0.25, -0.2) is 4.79 Å². The molecule has 4 rings (SSSR count). The lowest BCUT2D eigenvalue weighted by molar-refractivity contribution is -0.274. The molecule has 0 aromatic rings. The van der Waals surface area contributed by atoms with E-state index in [1.165, 1.54) is 34.6 Å². The van der Waals surface area contributed by atoms with Gasteiger partial charge in [0.25, 0.3) is 0 Å². The Hall–Kier alpha value is -2.50. The van der Waals surface area contributed by atoms with Crippen LogP contribution in [0.2, 0.25) is 0 Å². The first kappa shape index (κ1) is 27.5. The molecule has 11 nitrogen and oxygen atoms in total. The largest absolute Gasteiger partial charge is 0.462 e. The van der Waals surface area contributed by atoms with Crippen molar-refractivity contribution in [2.24, 2.45) is 11.3 Å². The average molecular weight is 525 g/mol. The van der Waals surface area contributed by atoms with Crippen LogP contribution in [0.1, 0.15) is 67.7 Å². The number of hydrogen-bond acceptors (Lipinski definition) is 11. The highest BCUT2D eigenvalue weighted by Crippen LogP contribution is 2.66. The van der Waals surface area contributed by atoms with Gasteiger partial charge in [-0.2, -0.15) is 0 Å². The highest BCUT2D eigenvalue weighted by Gasteiger charge is 2.88. The van der Waals surface area contributed by atoms with E-state index in [0.717, 1.165) is 5.57 Å². The normalized spacial score (nSPS) is 48.1. The summed E-state index contributed by atoms with van der Waals surface area (Å²) in [6.45, 7) is 10.1. The minimum absolute atomic E-state index is 0.164. The molecule has 3 fully saturated rings. The molecule has 0 bridgehead atoms. The van der Waals surface area contributed by atoms with E-state index in [0.29, 0.717) is 6.42 Å². The van der Waals surface area contributed by atoms with Crippen LogP contribution < -0.4 is 0 Å². The first-order valence-electron chi connectivity index (χ1n) is 12.5. The molecule has 2 N–H and O–H groups in total. The van der Waals surface area contributed by atoms with Gasteiger partial charge in [-0.3, -0.25) is 14.4 Å². The molecule has 1 saturated carbocycles. The summed E-state index contributed by atoms with van der Waals surface area (Å²) in [7, 11) is 0. The van der Waals surface area contributed by atoms with Crippen molar-refractivity contribution in [3.63, 3.8) is 0 Å². The lowest BCUT2D eigenvalue weighted by Gasteiger charge is -2.59. The van der Waals surface area contributed by atoms with Crippen LogP contribution in [0.25, 0.3) is 0 Å². The summed E-state index contributed by atoms with van der Waals surface area (Å²) in [6.07, 6.45) is -3.49. The Kier molecular flexibility index (Phi) is 6.53. The van der Waals surface area contributed by atoms with E-state index in [2.05, 4.69) is 0 Å². The van der Waals surface area contributed by atoms with E-state index in [-0.39, 0.29) is 12.8 Å². The zero-order valence-corrected chi connectivity index (χ0v) is 22.2. The Balaban J connectivity index is 2.03. The van der Waals surface area contributed by atoms with Crippen LogP contribution in [0.15, 0.2) is 11.6 Å². The maximum atomic E-state index is 13.0. The average Bonchev–Trinajstić information content (AvgIpc) is 3.34. The van der Waals surface area contributed by atoms with Crippen molar-refractivity contribution in [1.29, 1.82) is 0 Å². The number of hydrogen-bond donors (Lipinski definition) is 2. The van der Waals surface area contributed by atoms with Crippen LogP contribution in [0, 0.1) is 11.3 Å². The van der Waals surface area contributed by atoms with Gasteiger partial charge < -0.3 is 33.9 Å². The number of epoxide rings is 1. The summed E-state index contributed by atoms with van der Waals surface area (Å²) in [5, 5.41) is 23.0. The van der Waals surface area contributed by atoms with E-state index in [4.69, 9.17) is 23.7 Å². The van der Waals surface area contributed by atoms with Gasteiger partial charge in [0.1, 0.15) is 18.3 Å². The third-order valence-electron chi connectivity index (χ3n) is 8.79. The van der Waals surface area contributed by atoms with E-state index in [9.17, 15) is 29.4 Å². The monoisotopic (exact) mass is 524 g/mol. The molecule has 2 aliphatic carbocycles. The summed E-state index contributed by atoms with van der Waals surface area (Å²) < 4.78 is 29.2. The van der Waals surface area contributed by atoms with E-state index < -0.39 is 82.5 Å². The van der Waals surface area contributed by atoms with Gasteiger partial charge in [-0.05, 0) is 39.7 Å². The third-order valence-corrected chi connectivity index (χ3v) is 8.79. The van der Waals surface area contributed by atoms with Gasteiger partial charge >= 0.3 is 23.9 Å². The maximum Gasteiger partial charge on any atom is 0.342 e. The number of aliphatic hydroxyl groups is 2. The fraction of sp³-hybridized carbons (Fsp3) is 0.769. The van der Waals surface area contributed by atoms with E-state index in [1.54, 1.807) is 13.0 Å². The molecule has 10 atom stereocenters. The van der Waals surface area contributed by atoms with Crippen molar-refractivity contribution in [3.8, 4) is 0 Å². The van der Waals surface area contributed by atoms with Crippen molar-refractivity contribution in [2.45, 2.75) is 115 Å². The van der Waals surface area contributed by atoms with Crippen LogP contribution in [0.3, 0.4) is 0 Å². The van der Waals surface area contributed by atoms with E-state index >= 15 is 0 Å². The standard InChI is InChI=1S/C26H36O11/c1-12-8-9-17(33-13(2)27)23(5)18(34-14(3)28)11-16(30)24(6,32)20(23)21(35-15(4)29)26-19(10-12)36-22(31)25(26,7)37-26/h10,16-21,30,32H,8-9,11H2,1-7H3/b12-10-/t16-,17-,18+,19+,20-,21?,23+,24-,25+,26+/m1/s1. The number of carbonyl (C=O) groups excluding carboxylic acids is 4. The minimum atomic E-state index is -1.96. The Labute approximate surface area is 215 Å². The molecule has 1 unspecified atom stereocenters. The summed E-state index contributed by atoms with van der Waals surface area (Å²) in [5.41, 5.74) is -5.58. The van der Waals surface area contributed by atoms with Gasteiger partial charge in [-0.1, -0.05) is 12.5 Å². The Morgan fingerprint density at radius 2 is 1.57 bits per heavy atom. The van der Waals surface area contributed by atoms with Crippen LogP contribution >= 0.6 is 0 Å². The highest BCUT2D eigenvalue weighted by atomic mass is 16.7. The second-order valence-electron chi connectivity index (χ2n) is 11.4. The van der Waals surface area contributed by atoms with Crippen molar-refractivity contribution in [3.05, 3.63) is 11.6 Å². The SMILES string of the molecule is CC(=O)OC1[C@H]2[C@](C)(O)[C@H](O)C[C@H](OC(C)=O)[C@]2(C)[C@H](OC(C)=O)CC/C(C)=C\[C@@H]2OC(=O)[C@]3(C)O[C@]123. The number of allylic oxidation sites excluding steroid dienone is 1. The second kappa shape index (κ2) is 8.78. The maximum absolute atomic E-state index is 13.0. The molecule has 0 aromatic heterocycles. The molecule has 1 spiro atoms. The van der Waals surface area contributed by atoms with Crippen LogP contribution in [-0.4, -0.2) is 81.4 Å². The van der Waals surface area contributed by atoms with Gasteiger partial charge in [0, 0.05) is 33.1 Å². The lowest BCUT2D eigenvalue weighted by atomic mass is 9.51. The van der Waals surface area contributed by atoms with E-state index in [1.807, 2.05) is 6.92 Å². The predicted octanol–water partition coefficient (Wildman–Crippen LogP) is 1.11. The summed E-state index contributed by atoms with van der Waals surface area (Å²) in [5.74, 6) is -3.83. The van der Waals surface area contributed by atoms with Crippen LogP contribution in [-0.2, 0) is 42.9 Å². The molecular weight excluding hydrogens is 488 g/mol. The smallest absolute Gasteiger partial charge is 0.342 e. The van der Waals surface area contributed by atoms with Gasteiger partial charge in [0.15, 0.2) is 17.3 Å². The minimum Gasteiger partial charge on any atom is -0.462 e. The van der Waals surface area contributed by atoms with Crippen molar-refractivity contribution in [1.82, 2.24) is 0 Å². The summed E-state index contributed by atoms with van der Waals surface area (Å²) >= 11 is 0. The Morgan fingerprint density at radius 3 is 2.11 bits per heavy atom. The molecule has 37 heavy (non-hydrogen) atoms. The lowest BCUT2D eigenvalue weighted by Crippen LogP contribution is -2.72. The van der Waals surface area contributed by atoms with Crippen molar-refractivity contribution >= 4 is 23.9 Å². The number of carbonyl (C=O) groups is 4. The van der Waals surface area contributed by atoms with Crippen molar-refractivity contribution < 1.29 is 53.1 Å². The second-order valence-corrected chi connectivity index (χ2v) is 11.4. The first-order valence-corrected chi connectivity index (χ1v) is 12.5. The van der Waals surface area contributed by atoms with Crippen LogP contribution in [0.4, 0.5) is 0 Å². The molecule has 206 valence electrons. The number of ether oxygens (including phenoxy) is 5. The molecule has 2 saturated heterocycles. The number of aliphatic hydroxyl groups excluding tert-OH is 1. The highest BCUT2D eigenvalue weighted by molar-refractivity contribution is 5.89. The fourth-order valence-electron chi connectivity index (χ4n) is 6.94. The zero-order valence-electron chi connectivity index (χ0n) is 22.2. The van der Waals surface area contributed by atoms with Crippen molar-refractivity contribution in [2.75, 3.05) is 0 Å². The Bertz CT molecular complexity index is 1050. The van der Waals surface area contributed by atoms with Crippen LogP contribution in [0.5, 0.6) is 0 Å². The van der Waals surface area contributed by atoms with Gasteiger partial charge in [0.05, 0.1) is 17.1 Å². The van der Waals surface area contributed by atoms with Gasteiger partial charge in [-0.15, -0.1) is 0 Å². The number of esters is 4. The molecule has 11 heteroatoms. The summed E-state index contributed by atoms with van der Waals surface area (Å²) in [6, 6.07) is 0. The molecule has 0 radical (unpaired) electrons. The summed E-state index contributed by atoms with van der Waals surface area (Å²) in [4.78, 5) is 50.0. The fourth-order valence-corrected chi connectivity index (χ4v) is 6.94. The predicted molar refractivity (Wildman–Crippen MR) is 125 cm³/mol. The number of rotatable bonds is 3. The third kappa shape index (κ3) is 3.97. The molecule has 2 aliphatic heterocycles. The molecule has 4 aliphatic rings. The Morgan fingerprint density at radius 1 is 1.00 bits per heavy atom. The molecule has 0 aromatic carbocycles. The zero-order chi connectivity index (χ0) is 27.7. The first-order chi connectivity index (χ1) is 17.0. The molecular formula is C26H36O11. The molecule has 0 amide bonds.